The molecular formula is C9H17N3. The van der Waals surface area contributed by atoms with Gasteiger partial charge in [0.15, 0.2) is 0 Å². The fraction of sp³-hybridized carbons (Fsp3) is 0.667. The van der Waals surface area contributed by atoms with Gasteiger partial charge in [0.2, 0.25) is 0 Å². The third kappa shape index (κ3) is 1.85. The molecule has 68 valence electrons. The van der Waals surface area contributed by atoms with Crippen molar-refractivity contribution in [3.8, 4) is 0 Å². The van der Waals surface area contributed by atoms with Gasteiger partial charge in [0.25, 0.3) is 0 Å². The van der Waals surface area contributed by atoms with Gasteiger partial charge in [0, 0.05) is 25.0 Å². The zero-order valence-electron chi connectivity index (χ0n) is 7.83. The molecule has 3 heteroatoms. The van der Waals surface area contributed by atoms with Crippen LogP contribution in [0.2, 0.25) is 0 Å². The molecule has 0 saturated heterocycles. The summed E-state index contributed by atoms with van der Waals surface area (Å²) in [5.74, 6) is 0.582. The molecular weight excluding hydrogens is 150 g/mol. The van der Waals surface area contributed by atoms with Gasteiger partial charge < -0.3 is 10.3 Å². The first-order valence-corrected chi connectivity index (χ1v) is 4.49. The summed E-state index contributed by atoms with van der Waals surface area (Å²) in [6.45, 7) is 5.95. The maximum Gasteiger partial charge on any atom is 0.0948 e. The molecule has 12 heavy (non-hydrogen) atoms. The van der Waals surface area contributed by atoms with Crippen LogP contribution in [0.1, 0.15) is 31.9 Å². The highest BCUT2D eigenvalue weighted by Gasteiger charge is 2.07. The van der Waals surface area contributed by atoms with Crippen molar-refractivity contribution in [3.63, 3.8) is 0 Å². The lowest BCUT2D eigenvalue weighted by Gasteiger charge is -2.11. The van der Waals surface area contributed by atoms with Crippen LogP contribution in [0.15, 0.2) is 12.5 Å². The third-order valence-electron chi connectivity index (χ3n) is 2.23. The van der Waals surface area contributed by atoms with Crippen molar-refractivity contribution in [1.82, 2.24) is 9.55 Å². The molecule has 1 aromatic rings. The van der Waals surface area contributed by atoms with Crippen LogP contribution in [0.4, 0.5) is 0 Å². The number of hydrogen-bond acceptors (Lipinski definition) is 2. The van der Waals surface area contributed by atoms with E-state index in [9.17, 15) is 0 Å². The summed E-state index contributed by atoms with van der Waals surface area (Å²) in [7, 11) is 0. The molecule has 0 aliphatic rings. The molecule has 1 heterocycles. The SMILES string of the molecule is CCC(C)c1cncn1CCN. The highest BCUT2D eigenvalue weighted by molar-refractivity contribution is 5.04. The minimum atomic E-state index is 0.582. The molecule has 0 fully saturated rings. The van der Waals surface area contributed by atoms with Crippen molar-refractivity contribution < 1.29 is 0 Å². The first kappa shape index (κ1) is 9.26. The zero-order valence-corrected chi connectivity index (χ0v) is 7.83. The van der Waals surface area contributed by atoms with E-state index in [1.165, 1.54) is 5.69 Å². The van der Waals surface area contributed by atoms with Gasteiger partial charge >= 0.3 is 0 Å². The molecule has 2 N–H and O–H groups in total. The first-order valence-electron chi connectivity index (χ1n) is 4.49. The van der Waals surface area contributed by atoms with Crippen molar-refractivity contribution in [2.24, 2.45) is 5.73 Å². The molecule has 0 bridgehead atoms. The number of nitrogens with two attached hydrogens (primary N) is 1. The highest BCUT2D eigenvalue weighted by atomic mass is 15.1. The standard InChI is InChI=1S/C9H17N3/c1-3-8(2)9-6-11-7-12(9)5-4-10/h6-8H,3-5,10H2,1-2H3. The van der Waals surface area contributed by atoms with E-state index in [0.29, 0.717) is 12.5 Å². The van der Waals surface area contributed by atoms with Crippen LogP contribution in [0, 0.1) is 0 Å². The lowest BCUT2D eigenvalue weighted by atomic mass is 10.1. The molecule has 1 aromatic heterocycles. The quantitative estimate of drug-likeness (QED) is 0.735. The maximum absolute atomic E-state index is 5.48. The van der Waals surface area contributed by atoms with E-state index in [1.54, 1.807) is 0 Å². The van der Waals surface area contributed by atoms with Gasteiger partial charge in [-0.25, -0.2) is 4.98 Å². The molecule has 1 atom stereocenters. The summed E-state index contributed by atoms with van der Waals surface area (Å²) in [4.78, 5) is 4.12. The lowest BCUT2D eigenvalue weighted by Crippen LogP contribution is -2.12. The molecule has 0 spiro atoms. The summed E-state index contributed by atoms with van der Waals surface area (Å²) in [6, 6.07) is 0. The molecule has 3 nitrogen and oxygen atoms in total. The molecule has 1 unspecified atom stereocenters. The van der Waals surface area contributed by atoms with Crippen molar-refractivity contribution in [2.75, 3.05) is 6.54 Å². The van der Waals surface area contributed by atoms with Gasteiger partial charge in [-0.1, -0.05) is 13.8 Å². The Hall–Kier alpha value is -0.830. The van der Waals surface area contributed by atoms with Gasteiger partial charge in [-0.05, 0) is 12.3 Å². The highest BCUT2D eigenvalue weighted by Crippen LogP contribution is 2.17. The fourth-order valence-electron chi connectivity index (χ4n) is 1.28. The second-order valence-corrected chi connectivity index (χ2v) is 3.11. The van der Waals surface area contributed by atoms with E-state index in [2.05, 4.69) is 23.4 Å². The van der Waals surface area contributed by atoms with Crippen molar-refractivity contribution in [1.29, 1.82) is 0 Å². The van der Waals surface area contributed by atoms with Gasteiger partial charge in [-0.3, -0.25) is 0 Å². The minimum Gasteiger partial charge on any atom is -0.333 e. The van der Waals surface area contributed by atoms with Crippen LogP contribution in [0.3, 0.4) is 0 Å². The summed E-state index contributed by atoms with van der Waals surface area (Å²) in [6.07, 6.45) is 4.94. The first-order chi connectivity index (χ1) is 5.79. The Morgan fingerprint density at radius 3 is 3.00 bits per heavy atom. The molecule has 0 radical (unpaired) electrons. The number of hydrogen-bond donors (Lipinski definition) is 1. The van der Waals surface area contributed by atoms with Crippen LogP contribution in [-0.4, -0.2) is 16.1 Å². The van der Waals surface area contributed by atoms with Crippen LogP contribution < -0.4 is 5.73 Å². The lowest BCUT2D eigenvalue weighted by molar-refractivity contribution is 0.610. The second-order valence-electron chi connectivity index (χ2n) is 3.11. The molecule has 0 amide bonds. The molecule has 0 aliphatic carbocycles. The monoisotopic (exact) mass is 167 g/mol. The average molecular weight is 167 g/mol. The number of aromatic nitrogens is 2. The Morgan fingerprint density at radius 2 is 2.42 bits per heavy atom. The Morgan fingerprint density at radius 1 is 1.67 bits per heavy atom. The van der Waals surface area contributed by atoms with Gasteiger partial charge in [0.1, 0.15) is 0 Å². The van der Waals surface area contributed by atoms with Gasteiger partial charge in [-0.15, -0.1) is 0 Å². The molecule has 0 aromatic carbocycles. The van der Waals surface area contributed by atoms with Crippen molar-refractivity contribution in [2.45, 2.75) is 32.7 Å². The number of rotatable bonds is 4. The van der Waals surface area contributed by atoms with E-state index in [0.717, 1.165) is 13.0 Å². The molecule has 0 saturated carbocycles. The van der Waals surface area contributed by atoms with Crippen molar-refractivity contribution in [3.05, 3.63) is 18.2 Å². The summed E-state index contributed by atoms with van der Waals surface area (Å²) < 4.78 is 2.13. The maximum atomic E-state index is 5.48. The van der Waals surface area contributed by atoms with Crippen LogP contribution >= 0.6 is 0 Å². The van der Waals surface area contributed by atoms with Gasteiger partial charge in [-0.2, -0.15) is 0 Å². The van der Waals surface area contributed by atoms with Gasteiger partial charge in [0.05, 0.1) is 6.33 Å². The molecule has 1 rings (SSSR count). The third-order valence-corrected chi connectivity index (χ3v) is 2.23. The Kier molecular flexibility index (Phi) is 3.29. The average Bonchev–Trinajstić information content (AvgIpc) is 2.52. The van der Waals surface area contributed by atoms with E-state index in [-0.39, 0.29) is 0 Å². The molecule has 0 aliphatic heterocycles. The Bertz CT molecular complexity index is 229. The zero-order chi connectivity index (χ0) is 8.97. The van der Waals surface area contributed by atoms with E-state index in [1.807, 2.05) is 12.5 Å². The minimum absolute atomic E-state index is 0.582. The van der Waals surface area contributed by atoms with E-state index < -0.39 is 0 Å². The predicted molar refractivity (Wildman–Crippen MR) is 50.0 cm³/mol. The number of imidazole rings is 1. The largest absolute Gasteiger partial charge is 0.333 e. The summed E-state index contributed by atoms with van der Waals surface area (Å²) >= 11 is 0. The topological polar surface area (TPSA) is 43.8 Å². The van der Waals surface area contributed by atoms with Crippen molar-refractivity contribution >= 4 is 0 Å². The normalized spacial score (nSPS) is 13.2. The summed E-state index contributed by atoms with van der Waals surface area (Å²) in [5, 5.41) is 0. The van der Waals surface area contributed by atoms with E-state index in [4.69, 9.17) is 5.73 Å². The van der Waals surface area contributed by atoms with Crippen LogP contribution in [-0.2, 0) is 6.54 Å². The predicted octanol–water partition coefficient (Wildman–Crippen LogP) is 1.36. The number of nitrogens with zero attached hydrogens (tertiary/aromatic N) is 2. The second kappa shape index (κ2) is 4.26. The van der Waals surface area contributed by atoms with Crippen LogP contribution in [0.25, 0.3) is 0 Å². The Labute approximate surface area is 73.6 Å². The summed E-state index contributed by atoms with van der Waals surface area (Å²) in [5.41, 5.74) is 6.78. The smallest absolute Gasteiger partial charge is 0.0948 e. The van der Waals surface area contributed by atoms with Crippen LogP contribution in [0.5, 0.6) is 0 Å². The fourth-order valence-corrected chi connectivity index (χ4v) is 1.28. The Balaban J connectivity index is 2.76. The van der Waals surface area contributed by atoms with E-state index >= 15 is 0 Å².